The number of hydrazine groups is 1. The molecule has 0 radical (unpaired) electrons. The molecule has 2 nitrogen and oxygen atoms in total. The van der Waals surface area contributed by atoms with Gasteiger partial charge in [-0.15, -0.1) is 0 Å². The van der Waals surface area contributed by atoms with Crippen molar-refractivity contribution >= 4 is 16.5 Å². The minimum absolute atomic E-state index is 0.317. The third kappa shape index (κ3) is 2.78. The maximum atomic E-state index is 6.56. The molecule has 0 unspecified atom stereocenters. The van der Waals surface area contributed by atoms with Crippen LogP contribution in [0.1, 0.15) is 41.5 Å². The van der Waals surface area contributed by atoms with Gasteiger partial charge in [-0.2, -0.15) is 0 Å². The number of nitrogens with two attached hydrogens (primary N) is 1. The second-order valence-electron chi connectivity index (χ2n) is 7.99. The van der Waals surface area contributed by atoms with E-state index in [1.165, 1.54) is 0 Å². The van der Waals surface area contributed by atoms with E-state index in [0.717, 1.165) is 0 Å². The van der Waals surface area contributed by atoms with Crippen molar-refractivity contribution in [3.63, 3.8) is 0 Å². The highest BCUT2D eigenvalue weighted by atomic mass is 28.4. The maximum Gasteiger partial charge on any atom is 0.135 e. The van der Waals surface area contributed by atoms with Crippen LogP contribution in [-0.4, -0.2) is 20.8 Å². The van der Waals surface area contributed by atoms with E-state index < -0.39 is 16.5 Å². The summed E-state index contributed by atoms with van der Waals surface area (Å²) in [5.41, 5.74) is 0. The van der Waals surface area contributed by atoms with E-state index in [4.69, 9.17) is 5.84 Å². The van der Waals surface area contributed by atoms with Crippen LogP contribution < -0.4 is 5.84 Å². The Morgan fingerprint density at radius 3 is 1.00 bits per heavy atom. The second-order valence-corrected chi connectivity index (χ2v) is 18.6. The summed E-state index contributed by atoms with van der Waals surface area (Å²) in [6, 6.07) is 0. The Balaban J connectivity index is 5.30. The molecule has 0 aliphatic heterocycles. The highest BCUT2D eigenvalue weighted by Gasteiger charge is 2.50. The van der Waals surface area contributed by atoms with Crippen LogP contribution in [0.15, 0.2) is 0 Å². The molecule has 0 amide bonds. The summed E-state index contributed by atoms with van der Waals surface area (Å²) < 4.78 is 2.32. The Kier molecular flexibility index (Phi) is 4.32. The minimum Gasteiger partial charge on any atom is -0.287 e. The van der Waals surface area contributed by atoms with Crippen molar-refractivity contribution in [1.29, 1.82) is 0 Å². The van der Waals surface area contributed by atoms with Crippen molar-refractivity contribution in [3.05, 3.63) is 0 Å². The first-order chi connectivity index (χ1) is 6.65. The van der Waals surface area contributed by atoms with Gasteiger partial charge in [0.1, 0.15) is 16.5 Å². The molecular weight excluding hydrogens is 228 g/mol. The zero-order valence-corrected chi connectivity index (χ0v) is 15.0. The molecule has 0 saturated carbocycles. The molecule has 0 atom stereocenters. The van der Waals surface area contributed by atoms with Crippen molar-refractivity contribution in [2.24, 2.45) is 5.84 Å². The molecule has 0 spiro atoms. The Labute approximate surface area is 105 Å². The van der Waals surface area contributed by atoms with Gasteiger partial charge in [0.25, 0.3) is 0 Å². The van der Waals surface area contributed by atoms with E-state index in [1.54, 1.807) is 0 Å². The first-order valence-electron chi connectivity index (χ1n) is 6.21. The SMILES string of the molecule is CC(C)(C)[Si](C)(C)N(N)[Si](C)(C)C(C)(C)C. The van der Waals surface area contributed by atoms with E-state index >= 15 is 0 Å². The second kappa shape index (κ2) is 4.23. The lowest BCUT2D eigenvalue weighted by Crippen LogP contribution is -2.71. The van der Waals surface area contributed by atoms with E-state index in [-0.39, 0.29) is 0 Å². The van der Waals surface area contributed by atoms with Crippen molar-refractivity contribution in [2.75, 3.05) is 0 Å². The predicted octanol–water partition coefficient (Wildman–Crippen LogP) is 4.17. The first kappa shape index (κ1) is 16.4. The lowest BCUT2D eigenvalue weighted by Gasteiger charge is -2.54. The normalized spacial score (nSPS) is 15.8. The van der Waals surface area contributed by atoms with Crippen LogP contribution in [0.2, 0.25) is 36.3 Å². The van der Waals surface area contributed by atoms with Crippen LogP contribution in [0.5, 0.6) is 0 Å². The van der Waals surface area contributed by atoms with Gasteiger partial charge in [-0.1, -0.05) is 67.7 Å². The zero-order valence-electron chi connectivity index (χ0n) is 13.0. The molecule has 0 rings (SSSR count). The van der Waals surface area contributed by atoms with Gasteiger partial charge in [0.2, 0.25) is 0 Å². The summed E-state index contributed by atoms with van der Waals surface area (Å²) in [6.45, 7) is 23.5. The largest absolute Gasteiger partial charge is 0.287 e. The Bertz CT molecular complexity index is 221. The summed E-state index contributed by atoms with van der Waals surface area (Å²) in [6.07, 6.45) is 0. The summed E-state index contributed by atoms with van der Waals surface area (Å²) >= 11 is 0. The smallest absolute Gasteiger partial charge is 0.135 e. The standard InChI is InChI=1S/C12H32N2Si2/c1-11(2,3)15(7,8)14(13)16(9,10)12(4,5)6/h13H2,1-10H3. The van der Waals surface area contributed by atoms with Gasteiger partial charge in [-0.3, -0.25) is 10.2 Å². The number of nitrogens with zero attached hydrogens (tertiary/aromatic N) is 1. The molecule has 0 bridgehead atoms. The monoisotopic (exact) mass is 260 g/mol. The minimum atomic E-state index is -1.58. The van der Waals surface area contributed by atoms with Gasteiger partial charge in [0.15, 0.2) is 0 Å². The predicted molar refractivity (Wildman–Crippen MR) is 80.4 cm³/mol. The van der Waals surface area contributed by atoms with Gasteiger partial charge < -0.3 is 0 Å². The quantitative estimate of drug-likeness (QED) is 0.459. The molecule has 0 aliphatic carbocycles. The molecule has 98 valence electrons. The molecule has 0 aliphatic rings. The molecule has 0 heterocycles. The zero-order chi connectivity index (χ0) is 13.6. The summed E-state index contributed by atoms with van der Waals surface area (Å²) in [4.78, 5) is 0. The van der Waals surface area contributed by atoms with Crippen LogP contribution in [0, 0.1) is 0 Å². The summed E-state index contributed by atoms with van der Waals surface area (Å²) in [5, 5.41) is 0.633. The molecule has 4 heteroatoms. The van der Waals surface area contributed by atoms with Crippen molar-refractivity contribution in [2.45, 2.75) is 77.8 Å². The third-order valence-electron chi connectivity index (χ3n) is 4.88. The van der Waals surface area contributed by atoms with Crippen LogP contribution in [0.4, 0.5) is 0 Å². The van der Waals surface area contributed by atoms with Gasteiger partial charge in [0.05, 0.1) is 0 Å². The van der Waals surface area contributed by atoms with Gasteiger partial charge in [-0.05, 0) is 10.1 Å². The Morgan fingerprint density at radius 1 is 0.688 bits per heavy atom. The average Bonchev–Trinajstić information content (AvgIpc) is 1.98. The van der Waals surface area contributed by atoms with Crippen molar-refractivity contribution in [3.8, 4) is 0 Å². The lowest BCUT2D eigenvalue weighted by molar-refractivity contribution is 0.532. The van der Waals surface area contributed by atoms with Gasteiger partial charge in [0, 0.05) is 0 Å². The van der Waals surface area contributed by atoms with Crippen LogP contribution in [0.3, 0.4) is 0 Å². The van der Waals surface area contributed by atoms with E-state index in [9.17, 15) is 0 Å². The van der Waals surface area contributed by atoms with Gasteiger partial charge >= 0.3 is 0 Å². The molecule has 16 heavy (non-hydrogen) atoms. The molecule has 0 aromatic carbocycles. The van der Waals surface area contributed by atoms with Crippen molar-refractivity contribution < 1.29 is 0 Å². The van der Waals surface area contributed by atoms with E-state index in [0.29, 0.717) is 10.1 Å². The fourth-order valence-electron chi connectivity index (χ4n) is 1.42. The summed E-state index contributed by atoms with van der Waals surface area (Å²) in [5.74, 6) is 6.56. The first-order valence-corrected chi connectivity index (χ1v) is 12.1. The number of rotatable bonds is 2. The van der Waals surface area contributed by atoms with E-state index in [2.05, 4.69) is 72.1 Å². The lowest BCUT2D eigenvalue weighted by atomic mass is 10.2. The van der Waals surface area contributed by atoms with Gasteiger partial charge in [-0.25, -0.2) is 0 Å². The molecule has 0 saturated heterocycles. The highest BCUT2D eigenvalue weighted by Crippen LogP contribution is 2.44. The highest BCUT2D eigenvalue weighted by molar-refractivity contribution is 6.92. The molecule has 2 N–H and O–H groups in total. The van der Waals surface area contributed by atoms with E-state index in [1.807, 2.05) is 0 Å². The molecule has 0 aromatic rings. The topological polar surface area (TPSA) is 29.3 Å². The fraction of sp³-hybridized carbons (Fsp3) is 1.00. The fourth-order valence-corrected chi connectivity index (χ4v) is 10.5. The molecule has 0 aromatic heterocycles. The van der Waals surface area contributed by atoms with Crippen molar-refractivity contribution in [1.82, 2.24) is 4.34 Å². The van der Waals surface area contributed by atoms with Crippen LogP contribution in [0.25, 0.3) is 0 Å². The third-order valence-corrected chi connectivity index (χ3v) is 18.0. The summed E-state index contributed by atoms with van der Waals surface area (Å²) in [7, 11) is -3.16. The van der Waals surface area contributed by atoms with Crippen LogP contribution >= 0.6 is 0 Å². The maximum absolute atomic E-state index is 6.56. The average molecular weight is 261 g/mol. The Hall–Kier alpha value is 0.354. The molecule has 0 fully saturated rings. The number of hydrogen-bond acceptors (Lipinski definition) is 2. The molecular formula is C12H32N2Si2. The number of hydrogen-bond donors (Lipinski definition) is 1. The van der Waals surface area contributed by atoms with Crippen LogP contribution in [-0.2, 0) is 0 Å². The Morgan fingerprint density at radius 2 is 0.875 bits per heavy atom.